The Hall–Kier alpha value is -0.570. The van der Waals surface area contributed by atoms with Crippen molar-refractivity contribution in [2.45, 2.75) is 31.8 Å². The molecule has 0 saturated heterocycles. The van der Waals surface area contributed by atoms with Gasteiger partial charge >= 0.3 is 5.97 Å². The summed E-state index contributed by atoms with van der Waals surface area (Å²) < 4.78 is 4.95. The molecule has 1 aliphatic carbocycles. The van der Waals surface area contributed by atoms with Crippen molar-refractivity contribution in [3.63, 3.8) is 0 Å². The van der Waals surface area contributed by atoms with Gasteiger partial charge in [0, 0.05) is 7.11 Å². The summed E-state index contributed by atoms with van der Waals surface area (Å²) in [5, 5.41) is 8.78. The molecule has 11 heavy (non-hydrogen) atoms. The van der Waals surface area contributed by atoms with Crippen molar-refractivity contribution >= 4 is 5.97 Å². The molecule has 0 spiro atoms. The number of carboxylic acids is 1. The van der Waals surface area contributed by atoms with Gasteiger partial charge in [0.1, 0.15) is 0 Å². The van der Waals surface area contributed by atoms with Gasteiger partial charge in [-0.25, -0.2) is 4.79 Å². The van der Waals surface area contributed by atoms with Gasteiger partial charge in [0.05, 0.1) is 0 Å². The van der Waals surface area contributed by atoms with Crippen LogP contribution in [-0.4, -0.2) is 23.8 Å². The molecule has 1 fully saturated rings. The van der Waals surface area contributed by atoms with E-state index in [4.69, 9.17) is 9.84 Å². The number of methoxy groups -OCH3 is 1. The fourth-order valence-electron chi connectivity index (χ4n) is 1.13. The van der Waals surface area contributed by atoms with Crippen LogP contribution in [-0.2, 0) is 9.53 Å². The third-order valence-corrected chi connectivity index (χ3v) is 2.28. The van der Waals surface area contributed by atoms with E-state index in [2.05, 4.69) is 0 Å². The van der Waals surface area contributed by atoms with Crippen LogP contribution in [0.1, 0.15) is 26.2 Å². The molecule has 0 aromatic carbocycles. The molecule has 3 nitrogen and oxygen atoms in total. The van der Waals surface area contributed by atoms with Gasteiger partial charge in [-0.15, -0.1) is 0 Å². The van der Waals surface area contributed by atoms with Gasteiger partial charge in [-0.05, 0) is 19.3 Å². The Labute approximate surface area is 66.4 Å². The Balaban J connectivity index is 2.49. The highest BCUT2D eigenvalue weighted by Gasteiger charge is 2.39. The van der Waals surface area contributed by atoms with Crippen LogP contribution >= 0.6 is 0 Å². The van der Waals surface area contributed by atoms with Crippen molar-refractivity contribution in [3.8, 4) is 0 Å². The first-order chi connectivity index (χ1) is 5.08. The number of rotatable bonds is 4. The maximum atomic E-state index is 10.7. The second-order valence-corrected chi connectivity index (χ2v) is 3.39. The van der Waals surface area contributed by atoms with Crippen molar-refractivity contribution in [2.75, 3.05) is 7.11 Å². The lowest BCUT2D eigenvalue weighted by atomic mass is 9.99. The van der Waals surface area contributed by atoms with Crippen molar-refractivity contribution < 1.29 is 14.6 Å². The molecule has 1 saturated carbocycles. The summed E-state index contributed by atoms with van der Waals surface area (Å²) in [6.07, 6.45) is 2.97. The molecule has 0 aromatic heterocycles. The first kappa shape index (κ1) is 8.53. The quantitative estimate of drug-likeness (QED) is 0.670. The van der Waals surface area contributed by atoms with Crippen LogP contribution in [0.5, 0.6) is 0 Å². The second kappa shape index (κ2) is 2.81. The van der Waals surface area contributed by atoms with E-state index >= 15 is 0 Å². The van der Waals surface area contributed by atoms with Gasteiger partial charge in [-0.2, -0.15) is 0 Å². The minimum atomic E-state index is -0.957. The minimum Gasteiger partial charge on any atom is -0.479 e. The van der Waals surface area contributed by atoms with E-state index in [9.17, 15) is 4.79 Å². The van der Waals surface area contributed by atoms with Crippen LogP contribution in [0.3, 0.4) is 0 Å². The number of hydrogen-bond acceptors (Lipinski definition) is 2. The van der Waals surface area contributed by atoms with E-state index in [1.807, 2.05) is 0 Å². The van der Waals surface area contributed by atoms with E-state index in [0.717, 1.165) is 12.8 Å². The highest BCUT2D eigenvalue weighted by Crippen LogP contribution is 2.37. The standard InChI is InChI=1S/C8H14O3/c1-8(11-2,7(9)10)5-6-3-4-6/h6H,3-5H2,1-2H3,(H,9,10). The van der Waals surface area contributed by atoms with E-state index < -0.39 is 11.6 Å². The molecule has 1 N–H and O–H groups in total. The highest BCUT2D eigenvalue weighted by molar-refractivity contribution is 5.76. The lowest BCUT2D eigenvalue weighted by molar-refractivity contribution is -0.161. The van der Waals surface area contributed by atoms with Crippen molar-refractivity contribution in [2.24, 2.45) is 5.92 Å². The Bertz CT molecular complexity index is 163. The summed E-state index contributed by atoms with van der Waals surface area (Å²) in [5.41, 5.74) is -0.957. The number of carbonyl (C=O) groups is 1. The zero-order valence-corrected chi connectivity index (χ0v) is 6.96. The van der Waals surface area contributed by atoms with Crippen molar-refractivity contribution in [1.29, 1.82) is 0 Å². The maximum Gasteiger partial charge on any atom is 0.335 e. The first-order valence-electron chi connectivity index (χ1n) is 3.87. The summed E-state index contributed by atoms with van der Waals surface area (Å²) in [4.78, 5) is 10.7. The molecule has 3 heteroatoms. The summed E-state index contributed by atoms with van der Waals surface area (Å²) in [6, 6.07) is 0. The maximum absolute atomic E-state index is 10.7. The summed E-state index contributed by atoms with van der Waals surface area (Å²) >= 11 is 0. The van der Waals surface area contributed by atoms with Crippen LogP contribution in [0, 0.1) is 5.92 Å². The number of aliphatic carboxylic acids is 1. The zero-order chi connectivity index (χ0) is 8.48. The fraction of sp³-hybridized carbons (Fsp3) is 0.875. The molecule has 0 aromatic rings. The average molecular weight is 158 g/mol. The molecule has 0 bridgehead atoms. The highest BCUT2D eigenvalue weighted by atomic mass is 16.5. The average Bonchev–Trinajstić information content (AvgIpc) is 2.71. The summed E-state index contributed by atoms with van der Waals surface area (Å²) in [5.74, 6) is -0.275. The van der Waals surface area contributed by atoms with Gasteiger partial charge in [-0.1, -0.05) is 12.8 Å². The second-order valence-electron chi connectivity index (χ2n) is 3.39. The summed E-state index contributed by atoms with van der Waals surface area (Å²) in [7, 11) is 1.45. The summed E-state index contributed by atoms with van der Waals surface area (Å²) in [6.45, 7) is 1.63. The molecule has 0 radical (unpaired) electrons. The zero-order valence-electron chi connectivity index (χ0n) is 6.96. The Kier molecular flexibility index (Phi) is 2.18. The van der Waals surface area contributed by atoms with Crippen molar-refractivity contribution in [1.82, 2.24) is 0 Å². The molecular weight excluding hydrogens is 144 g/mol. The molecule has 0 heterocycles. The van der Waals surface area contributed by atoms with Crippen LogP contribution in [0.2, 0.25) is 0 Å². The topological polar surface area (TPSA) is 46.5 Å². The molecule has 1 unspecified atom stereocenters. The van der Waals surface area contributed by atoms with Crippen LogP contribution in [0.4, 0.5) is 0 Å². The van der Waals surface area contributed by atoms with Crippen LogP contribution in [0.25, 0.3) is 0 Å². The molecular formula is C8H14O3. The number of carboxylic acid groups (broad SMARTS) is 1. The van der Waals surface area contributed by atoms with Crippen molar-refractivity contribution in [3.05, 3.63) is 0 Å². The van der Waals surface area contributed by atoms with E-state index in [1.165, 1.54) is 7.11 Å². The monoisotopic (exact) mass is 158 g/mol. The molecule has 64 valence electrons. The Morgan fingerprint density at radius 1 is 1.73 bits per heavy atom. The normalized spacial score (nSPS) is 22.7. The molecule has 1 aliphatic rings. The first-order valence-corrected chi connectivity index (χ1v) is 3.87. The van der Waals surface area contributed by atoms with Gasteiger partial charge in [0.25, 0.3) is 0 Å². The molecule has 0 aliphatic heterocycles. The number of hydrogen-bond donors (Lipinski definition) is 1. The van der Waals surface area contributed by atoms with E-state index in [-0.39, 0.29) is 0 Å². The third kappa shape index (κ3) is 1.93. The van der Waals surface area contributed by atoms with Crippen LogP contribution in [0.15, 0.2) is 0 Å². The lowest BCUT2D eigenvalue weighted by Gasteiger charge is -2.22. The molecule has 1 rings (SSSR count). The number of ether oxygens (including phenoxy) is 1. The predicted molar refractivity (Wildman–Crippen MR) is 40.4 cm³/mol. The third-order valence-electron chi connectivity index (χ3n) is 2.28. The van der Waals surface area contributed by atoms with E-state index in [0.29, 0.717) is 12.3 Å². The fourth-order valence-corrected chi connectivity index (χ4v) is 1.13. The van der Waals surface area contributed by atoms with Gasteiger partial charge < -0.3 is 9.84 Å². The molecule has 1 atom stereocenters. The predicted octanol–water partition coefficient (Wildman–Crippen LogP) is 1.28. The Morgan fingerprint density at radius 2 is 2.27 bits per heavy atom. The van der Waals surface area contributed by atoms with Gasteiger partial charge in [0.15, 0.2) is 5.60 Å². The minimum absolute atomic E-state index is 0.580. The largest absolute Gasteiger partial charge is 0.479 e. The SMILES string of the molecule is COC(C)(CC1CC1)C(=O)O. The van der Waals surface area contributed by atoms with E-state index in [1.54, 1.807) is 6.92 Å². The van der Waals surface area contributed by atoms with Gasteiger partial charge in [0.2, 0.25) is 0 Å². The Morgan fingerprint density at radius 3 is 2.55 bits per heavy atom. The smallest absolute Gasteiger partial charge is 0.335 e. The molecule has 0 amide bonds. The van der Waals surface area contributed by atoms with Gasteiger partial charge in [-0.3, -0.25) is 0 Å². The lowest BCUT2D eigenvalue weighted by Crippen LogP contribution is -2.37. The van der Waals surface area contributed by atoms with Crippen LogP contribution < -0.4 is 0 Å².